The maximum absolute atomic E-state index is 11.9. The van der Waals surface area contributed by atoms with Crippen molar-refractivity contribution in [3.05, 3.63) is 16.6 Å². The van der Waals surface area contributed by atoms with Crippen molar-refractivity contribution < 1.29 is 14.7 Å². The standard InChI is InChI=1S/C12H17N3O3S/c1-8(9-13-6-7-19-9)14-11(18)15-12(10(16)17)4-2-3-5-12/h6-8H,2-5H2,1H3,(H,16,17)(H2,14,15,18). The highest BCUT2D eigenvalue weighted by molar-refractivity contribution is 7.09. The van der Waals surface area contributed by atoms with E-state index in [2.05, 4.69) is 15.6 Å². The summed E-state index contributed by atoms with van der Waals surface area (Å²) in [5.74, 6) is -0.956. The maximum Gasteiger partial charge on any atom is 0.329 e. The van der Waals surface area contributed by atoms with Crippen LogP contribution in [0.4, 0.5) is 4.79 Å². The molecule has 104 valence electrons. The van der Waals surface area contributed by atoms with E-state index in [9.17, 15) is 14.7 Å². The molecule has 1 aliphatic rings. The Morgan fingerprint density at radius 1 is 1.47 bits per heavy atom. The van der Waals surface area contributed by atoms with Gasteiger partial charge in [0.15, 0.2) is 0 Å². The number of thiazole rings is 1. The number of nitrogens with one attached hydrogen (secondary N) is 2. The van der Waals surface area contributed by atoms with Crippen LogP contribution in [-0.2, 0) is 4.79 Å². The Hall–Kier alpha value is -1.63. The number of aromatic nitrogens is 1. The molecule has 2 amide bonds. The minimum atomic E-state index is -1.10. The van der Waals surface area contributed by atoms with Crippen molar-refractivity contribution in [3.63, 3.8) is 0 Å². The van der Waals surface area contributed by atoms with Crippen molar-refractivity contribution in [3.8, 4) is 0 Å². The summed E-state index contributed by atoms with van der Waals surface area (Å²) in [7, 11) is 0. The molecular weight excluding hydrogens is 266 g/mol. The molecule has 0 bridgehead atoms. The molecule has 19 heavy (non-hydrogen) atoms. The van der Waals surface area contributed by atoms with Crippen LogP contribution in [-0.4, -0.2) is 27.6 Å². The second kappa shape index (κ2) is 5.56. The molecule has 6 nitrogen and oxygen atoms in total. The molecule has 0 aromatic carbocycles. The van der Waals surface area contributed by atoms with Crippen molar-refractivity contribution >= 4 is 23.3 Å². The molecule has 1 saturated carbocycles. The lowest BCUT2D eigenvalue weighted by Gasteiger charge is -2.26. The van der Waals surface area contributed by atoms with Gasteiger partial charge in [0, 0.05) is 11.6 Å². The van der Waals surface area contributed by atoms with E-state index in [-0.39, 0.29) is 6.04 Å². The molecule has 2 rings (SSSR count). The molecule has 1 unspecified atom stereocenters. The molecule has 0 saturated heterocycles. The summed E-state index contributed by atoms with van der Waals surface area (Å²) < 4.78 is 0. The van der Waals surface area contributed by atoms with Crippen LogP contribution in [0.15, 0.2) is 11.6 Å². The monoisotopic (exact) mass is 283 g/mol. The van der Waals surface area contributed by atoms with Gasteiger partial charge >= 0.3 is 12.0 Å². The first-order chi connectivity index (χ1) is 9.03. The van der Waals surface area contributed by atoms with E-state index >= 15 is 0 Å². The van der Waals surface area contributed by atoms with E-state index in [4.69, 9.17) is 0 Å². The van der Waals surface area contributed by atoms with E-state index in [1.807, 2.05) is 12.3 Å². The highest BCUT2D eigenvalue weighted by Gasteiger charge is 2.42. The molecule has 1 aromatic rings. The van der Waals surface area contributed by atoms with Crippen molar-refractivity contribution in [1.29, 1.82) is 0 Å². The zero-order chi connectivity index (χ0) is 13.9. The summed E-state index contributed by atoms with van der Waals surface area (Å²) in [5, 5.41) is 17.2. The van der Waals surface area contributed by atoms with Crippen molar-refractivity contribution in [2.24, 2.45) is 0 Å². The third kappa shape index (κ3) is 3.04. The Kier molecular flexibility index (Phi) is 4.04. The van der Waals surface area contributed by atoms with Crippen LogP contribution >= 0.6 is 11.3 Å². The quantitative estimate of drug-likeness (QED) is 0.787. The fourth-order valence-corrected chi connectivity index (χ4v) is 2.98. The van der Waals surface area contributed by atoms with E-state index in [1.54, 1.807) is 6.20 Å². The lowest BCUT2D eigenvalue weighted by molar-refractivity contribution is -0.144. The molecule has 1 aromatic heterocycles. The third-order valence-corrected chi connectivity index (χ3v) is 4.35. The van der Waals surface area contributed by atoms with Crippen LogP contribution in [0.2, 0.25) is 0 Å². The maximum atomic E-state index is 11.9. The van der Waals surface area contributed by atoms with Gasteiger partial charge in [0.05, 0.1) is 6.04 Å². The van der Waals surface area contributed by atoms with Gasteiger partial charge in [-0.05, 0) is 19.8 Å². The van der Waals surface area contributed by atoms with Crippen LogP contribution in [0.3, 0.4) is 0 Å². The van der Waals surface area contributed by atoms with E-state index < -0.39 is 17.5 Å². The number of carboxylic acids is 1. The molecule has 3 N–H and O–H groups in total. The fraction of sp³-hybridized carbons (Fsp3) is 0.583. The molecule has 7 heteroatoms. The first-order valence-corrected chi connectivity index (χ1v) is 7.13. The fourth-order valence-electron chi connectivity index (χ4n) is 2.33. The molecular formula is C12H17N3O3S. The van der Waals surface area contributed by atoms with E-state index in [0.29, 0.717) is 12.8 Å². The largest absolute Gasteiger partial charge is 0.480 e. The zero-order valence-corrected chi connectivity index (χ0v) is 11.5. The lowest BCUT2D eigenvalue weighted by Crippen LogP contribution is -2.55. The van der Waals surface area contributed by atoms with Gasteiger partial charge in [-0.1, -0.05) is 12.8 Å². The average molecular weight is 283 g/mol. The first-order valence-electron chi connectivity index (χ1n) is 6.25. The molecule has 0 aliphatic heterocycles. The Balaban J connectivity index is 1.95. The number of rotatable bonds is 4. The number of carboxylic acid groups (broad SMARTS) is 1. The Bertz CT molecular complexity index is 455. The Labute approximate surface area is 115 Å². The van der Waals surface area contributed by atoms with Gasteiger partial charge in [0.2, 0.25) is 0 Å². The SMILES string of the molecule is CC(NC(=O)NC1(C(=O)O)CCCC1)c1nccs1. The van der Waals surface area contributed by atoms with Gasteiger partial charge in [0.1, 0.15) is 10.5 Å². The van der Waals surface area contributed by atoms with Crippen LogP contribution in [0.1, 0.15) is 43.7 Å². The van der Waals surface area contributed by atoms with Gasteiger partial charge in [-0.15, -0.1) is 11.3 Å². The number of hydrogen-bond acceptors (Lipinski definition) is 4. The van der Waals surface area contributed by atoms with E-state index in [0.717, 1.165) is 17.8 Å². The van der Waals surface area contributed by atoms with Crippen LogP contribution in [0, 0.1) is 0 Å². The number of aliphatic carboxylic acids is 1. The molecule has 0 radical (unpaired) electrons. The highest BCUT2D eigenvalue weighted by atomic mass is 32.1. The third-order valence-electron chi connectivity index (χ3n) is 3.39. The summed E-state index contributed by atoms with van der Waals surface area (Å²) in [6.45, 7) is 1.82. The summed E-state index contributed by atoms with van der Waals surface area (Å²) in [6, 6.07) is -0.681. The van der Waals surface area contributed by atoms with Gasteiger partial charge in [0.25, 0.3) is 0 Å². The second-order valence-electron chi connectivity index (χ2n) is 4.78. The van der Waals surface area contributed by atoms with Gasteiger partial charge in [-0.25, -0.2) is 14.6 Å². The Morgan fingerprint density at radius 2 is 2.16 bits per heavy atom. The topological polar surface area (TPSA) is 91.3 Å². The number of carbonyl (C=O) groups is 2. The predicted molar refractivity (Wildman–Crippen MR) is 71.0 cm³/mol. The van der Waals surface area contributed by atoms with Crippen molar-refractivity contribution in [1.82, 2.24) is 15.6 Å². The summed E-state index contributed by atoms with van der Waals surface area (Å²) in [4.78, 5) is 27.3. The smallest absolute Gasteiger partial charge is 0.329 e. The van der Waals surface area contributed by atoms with Crippen LogP contribution in [0.25, 0.3) is 0 Å². The molecule has 0 spiro atoms. The number of hydrogen-bond donors (Lipinski definition) is 3. The second-order valence-corrected chi connectivity index (χ2v) is 5.71. The lowest BCUT2D eigenvalue weighted by atomic mass is 9.98. The number of urea groups is 1. The zero-order valence-electron chi connectivity index (χ0n) is 10.7. The minimum Gasteiger partial charge on any atom is -0.480 e. The van der Waals surface area contributed by atoms with Crippen LogP contribution < -0.4 is 10.6 Å². The molecule has 1 heterocycles. The summed E-state index contributed by atoms with van der Waals surface area (Å²) >= 11 is 1.45. The highest BCUT2D eigenvalue weighted by Crippen LogP contribution is 2.30. The molecule has 1 fully saturated rings. The summed E-state index contributed by atoms with van der Waals surface area (Å²) in [5.41, 5.74) is -1.10. The average Bonchev–Trinajstić information content (AvgIpc) is 2.99. The molecule has 1 aliphatic carbocycles. The van der Waals surface area contributed by atoms with Crippen molar-refractivity contribution in [2.75, 3.05) is 0 Å². The number of carbonyl (C=O) groups excluding carboxylic acids is 1. The number of amides is 2. The Morgan fingerprint density at radius 3 is 2.68 bits per heavy atom. The van der Waals surface area contributed by atoms with E-state index in [1.165, 1.54) is 11.3 Å². The normalized spacial score (nSPS) is 18.8. The van der Waals surface area contributed by atoms with Crippen LogP contribution in [0.5, 0.6) is 0 Å². The van der Waals surface area contributed by atoms with Gasteiger partial charge in [-0.3, -0.25) is 0 Å². The minimum absolute atomic E-state index is 0.229. The first kappa shape index (κ1) is 13.8. The number of nitrogens with zero attached hydrogens (tertiary/aromatic N) is 1. The predicted octanol–water partition coefficient (Wildman–Crippen LogP) is 1.90. The molecule has 1 atom stereocenters. The van der Waals surface area contributed by atoms with Crippen molar-refractivity contribution in [2.45, 2.75) is 44.2 Å². The van der Waals surface area contributed by atoms with Gasteiger partial charge < -0.3 is 15.7 Å². The van der Waals surface area contributed by atoms with Gasteiger partial charge in [-0.2, -0.15) is 0 Å². The summed E-state index contributed by atoms with van der Waals surface area (Å²) in [6.07, 6.45) is 4.30.